The Balaban J connectivity index is 2.81. The quantitative estimate of drug-likeness (QED) is 0.615. The minimum atomic E-state index is -0.338. The van der Waals surface area contributed by atoms with Crippen molar-refractivity contribution < 1.29 is 9.53 Å². The van der Waals surface area contributed by atoms with E-state index in [1.54, 1.807) is 19.9 Å². The van der Waals surface area contributed by atoms with Crippen LogP contribution in [0.5, 0.6) is 0 Å². The third-order valence-corrected chi connectivity index (χ3v) is 2.87. The van der Waals surface area contributed by atoms with E-state index < -0.39 is 0 Å². The SMILES string of the molecule is CC(C)OC(=O)Cc1cc(Cl)c(Cl)cc1Cl. The summed E-state index contributed by atoms with van der Waals surface area (Å²) >= 11 is 17.5. The molecule has 5 heteroatoms. The molecule has 1 aromatic carbocycles. The van der Waals surface area contributed by atoms with Gasteiger partial charge >= 0.3 is 5.97 Å². The Hall–Kier alpha value is -0.440. The second-order valence-electron chi connectivity index (χ2n) is 3.57. The maximum Gasteiger partial charge on any atom is 0.310 e. The Morgan fingerprint density at radius 2 is 1.75 bits per heavy atom. The monoisotopic (exact) mass is 280 g/mol. The topological polar surface area (TPSA) is 26.3 Å². The molecule has 88 valence electrons. The van der Waals surface area contributed by atoms with Crippen molar-refractivity contribution in [2.24, 2.45) is 0 Å². The second-order valence-corrected chi connectivity index (χ2v) is 4.79. The highest BCUT2D eigenvalue weighted by Gasteiger charge is 2.12. The van der Waals surface area contributed by atoms with E-state index in [0.717, 1.165) is 0 Å². The molecule has 0 aliphatic carbocycles. The summed E-state index contributed by atoms with van der Waals surface area (Å²) in [7, 11) is 0. The molecule has 0 amide bonds. The van der Waals surface area contributed by atoms with Crippen LogP contribution in [0.25, 0.3) is 0 Å². The molecule has 0 aliphatic heterocycles. The number of halogens is 3. The maximum absolute atomic E-state index is 11.4. The predicted molar refractivity (Wildman–Crippen MR) is 66.4 cm³/mol. The van der Waals surface area contributed by atoms with Crippen molar-refractivity contribution in [1.29, 1.82) is 0 Å². The van der Waals surface area contributed by atoms with Crippen molar-refractivity contribution in [1.82, 2.24) is 0 Å². The Kier molecular flexibility index (Phi) is 4.90. The first-order chi connectivity index (χ1) is 7.40. The third kappa shape index (κ3) is 3.85. The standard InChI is InChI=1S/C11H11Cl3O2/c1-6(2)16-11(15)4-7-3-9(13)10(14)5-8(7)12/h3,5-6H,4H2,1-2H3. The Bertz CT molecular complexity index is 402. The first-order valence-corrected chi connectivity index (χ1v) is 5.86. The molecule has 0 aliphatic rings. The van der Waals surface area contributed by atoms with Crippen LogP contribution in [0, 0.1) is 0 Å². The van der Waals surface area contributed by atoms with Gasteiger partial charge in [-0.05, 0) is 31.5 Å². The molecule has 0 saturated heterocycles. The Morgan fingerprint density at radius 1 is 1.19 bits per heavy atom. The van der Waals surface area contributed by atoms with Crippen LogP contribution >= 0.6 is 34.8 Å². The lowest BCUT2D eigenvalue weighted by Gasteiger charge is -2.09. The highest BCUT2D eigenvalue weighted by molar-refractivity contribution is 6.43. The summed E-state index contributed by atoms with van der Waals surface area (Å²) in [5.41, 5.74) is 0.613. The number of esters is 1. The van der Waals surface area contributed by atoms with Gasteiger partial charge in [0.05, 0.1) is 22.6 Å². The van der Waals surface area contributed by atoms with Crippen LogP contribution in [0.4, 0.5) is 0 Å². The molecule has 0 radical (unpaired) electrons. The summed E-state index contributed by atoms with van der Waals surface area (Å²) in [6.07, 6.45) is -0.0532. The lowest BCUT2D eigenvalue weighted by molar-refractivity contribution is -0.146. The number of benzene rings is 1. The number of carbonyl (C=O) groups is 1. The van der Waals surface area contributed by atoms with Crippen LogP contribution in [0.3, 0.4) is 0 Å². The van der Waals surface area contributed by atoms with Gasteiger partial charge in [0.15, 0.2) is 0 Å². The molecule has 0 N–H and O–H groups in total. The minimum absolute atomic E-state index is 0.0912. The first kappa shape index (κ1) is 13.6. The Morgan fingerprint density at radius 3 is 2.31 bits per heavy atom. The van der Waals surface area contributed by atoms with Gasteiger partial charge < -0.3 is 4.74 Å². The van der Waals surface area contributed by atoms with Crippen molar-refractivity contribution in [2.45, 2.75) is 26.4 Å². The molecule has 1 aromatic rings. The van der Waals surface area contributed by atoms with Crippen LogP contribution in [0.2, 0.25) is 15.1 Å². The molecule has 0 bridgehead atoms. The molecule has 0 heterocycles. The molecule has 0 saturated carbocycles. The molecule has 0 spiro atoms. The molecule has 0 unspecified atom stereocenters. The first-order valence-electron chi connectivity index (χ1n) is 4.73. The zero-order valence-corrected chi connectivity index (χ0v) is 11.2. The lowest BCUT2D eigenvalue weighted by Crippen LogP contribution is -2.13. The number of hydrogen-bond acceptors (Lipinski definition) is 2. The predicted octanol–water partition coefficient (Wildman–Crippen LogP) is 4.14. The summed E-state index contributed by atoms with van der Waals surface area (Å²) in [4.78, 5) is 11.4. The van der Waals surface area contributed by atoms with E-state index >= 15 is 0 Å². The average Bonchev–Trinajstić information content (AvgIpc) is 2.12. The Labute approximate surface area is 109 Å². The van der Waals surface area contributed by atoms with Gasteiger partial charge in [-0.15, -0.1) is 0 Å². The van der Waals surface area contributed by atoms with Gasteiger partial charge in [0, 0.05) is 5.02 Å². The third-order valence-electron chi connectivity index (χ3n) is 1.79. The smallest absolute Gasteiger partial charge is 0.310 e. The average molecular weight is 282 g/mol. The van der Waals surface area contributed by atoms with Gasteiger partial charge in [-0.1, -0.05) is 34.8 Å². The highest BCUT2D eigenvalue weighted by atomic mass is 35.5. The second kappa shape index (κ2) is 5.76. The molecular formula is C11H11Cl3O2. The van der Waals surface area contributed by atoms with Gasteiger partial charge in [-0.3, -0.25) is 4.79 Å². The molecule has 2 nitrogen and oxygen atoms in total. The van der Waals surface area contributed by atoms with Gasteiger partial charge in [0.25, 0.3) is 0 Å². The van der Waals surface area contributed by atoms with E-state index in [9.17, 15) is 4.79 Å². The van der Waals surface area contributed by atoms with E-state index in [1.807, 2.05) is 0 Å². The minimum Gasteiger partial charge on any atom is -0.463 e. The van der Waals surface area contributed by atoms with Crippen molar-refractivity contribution >= 4 is 40.8 Å². The van der Waals surface area contributed by atoms with Crippen molar-refractivity contribution in [3.63, 3.8) is 0 Å². The summed E-state index contributed by atoms with van der Waals surface area (Å²) in [6.45, 7) is 3.57. The molecular weight excluding hydrogens is 270 g/mol. The largest absolute Gasteiger partial charge is 0.463 e. The van der Waals surface area contributed by atoms with Crippen LogP contribution in [0.1, 0.15) is 19.4 Å². The number of carbonyl (C=O) groups excluding carboxylic acids is 1. The van der Waals surface area contributed by atoms with E-state index in [1.165, 1.54) is 6.07 Å². The molecule has 0 atom stereocenters. The lowest BCUT2D eigenvalue weighted by atomic mass is 10.1. The molecule has 1 rings (SSSR count). The van der Waals surface area contributed by atoms with E-state index in [4.69, 9.17) is 39.5 Å². The van der Waals surface area contributed by atoms with Crippen molar-refractivity contribution in [3.8, 4) is 0 Å². The van der Waals surface area contributed by atoms with E-state index in [0.29, 0.717) is 20.6 Å². The fourth-order valence-corrected chi connectivity index (χ4v) is 1.80. The number of ether oxygens (including phenoxy) is 1. The zero-order chi connectivity index (χ0) is 12.3. The van der Waals surface area contributed by atoms with Crippen molar-refractivity contribution in [3.05, 3.63) is 32.8 Å². The molecule has 16 heavy (non-hydrogen) atoms. The summed E-state index contributed by atoms with van der Waals surface area (Å²) in [5, 5.41) is 1.15. The number of hydrogen-bond donors (Lipinski definition) is 0. The summed E-state index contributed by atoms with van der Waals surface area (Å²) in [6, 6.07) is 3.09. The van der Waals surface area contributed by atoms with E-state index in [2.05, 4.69) is 0 Å². The van der Waals surface area contributed by atoms with Crippen LogP contribution in [-0.4, -0.2) is 12.1 Å². The fraction of sp³-hybridized carbons (Fsp3) is 0.364. The van der Waals surface area contributed by atoms with Gasteiger partial charge in [-0.25, -0.2) is 0 Å². The van der Waals surface area contributed by atoms with Gasteiger partial charge in [-0.2, -0.15) is 0 Å². The summed E-state index contributed by atoms with van der Waals surface area (Å²) < 4.78 is 5.01. The van der Waals surface area contributed by atoms with Gasteiger partial charge in [0.2, 0.25) is 0 Å². The molecule has 0 fully saturated rings. The summed E-state index contributed by atoms with van der Waals surface area (Å²) in [5.74, 6) is -0.338. The number of rotatable bonds is 3. The van der Waals surface area contributed by atoms with Gasteiger partial charge in [0.1, 0.15) is 0 Å². The highest BCUT2D eigenvalue weighted by Crippen LogP contribution is 2.29. The van der Waals surface area contributed by atoms with Crippen LogP contribution in [-0.2, 0) is 16.0 Å². The van der Waals surface area contributed by atoms with Crippen molar-refractivity contribution in [2.75, 3.05) is 0 Å². The fourth-order valence-electron chi connectivity index (χ4n) is 1.16. The van der Waals surface area contributed by atoms with Crippen LogP contribution < -0.4 is 0 Å². The molecule has 0 aromatic heterocycles. The zero-order valence-electron chi connectivity index (χ0n) is 8.89. The van der Waals surface area contributed by atoms with E-state index in [-0.39, 0.29) is 18.5 Å². The normalized spacial score (nSPS) is 10.6. The maximum atomic E-state index is 11.4. The van der Waals surface area contributed by atoms with Crippen LogP contribution in [0.15, 0.2) is 12.1 Å².